The molecular weight excluding hydrogens is 733 g/mol. The smallest absolute Gasteiger partial charge is 0.401 e. The van der Waals surface area contributed by atoms with E-state index in [9.17, 15) is 18.0 Å². The highest BCUT2D eigenvalue weighted by molar-refractivity contribution is 7.59. The molecular formula is C36H50ClF3N8O2S2. The lowest BCUT2D eigenvalue weighted by atomic mass is 10.0. The van der Waals surface area contributed by atoms with E-state index in [4.69, 9.17) is 33.6 Å². The number of anilines is 2. The zero-order valence-electron chi connectivity index (χ0n) is 30.1. The third-order valence-corrected chi connectivity index (χ3v) is 9.28. The number of alkyl halides is 3. The predicted molar refractivity (Wildman–Crippen MR) is 213 cm³/mol. The van der Waals surface area contributed by atoms with Crippen LogP contribution in [0.15, 0.2) is 48.6 Å². The molecule has 2 aliphatic heterocycles. The van der Waals surface area contributed by atoms with E-state index in [-0.39, 0.29) is 52.0 Å². The molecule has 0 radical (unpaired) electrons. The lowest BCUT2D eigenvalue weighted by Gasteiger charge is -2.31. The molecule has 2 aromatic carbocycles. The van der Waals surface area contributed by atoms with Crippen molar-refractivity contribution in [3.8, 4) is 6.01 Å². The van der Waals surface area contributed by atoms with Crippen molar-refractivity contribution in [1.29, 1.82) is 0 Å². The van der Waals surface area contributed by atoms with Crippen LogP contribution in [-0.4, -0.2) is 109 Å². The van der Waals surface area contributed by atoms with Crippen molar-refractivity contribution < 1.29 is 22.7 Å². The molecule has 2 aliphatic rings. The number of ether oxygens (including phenoxy) is 1. The number of hydrogen-bond donors (Lipinski definition) is 1. The summed E-state index contributed by atoms with van der Waals surface area (Å²) in [5.41, 5.74) is 9.36. The maximum atomic E-state index is 12.1. The van der Waals surface area contributed by atoms with Gasteiger partial charge in [0.05, 0.1) is 23.8 Å². The van der Waals surface area contributed by atoms with Gasteiger partial charge in [0.25, 0.3) is 0 Å². The highest BCUT2D eigenvalue weighted by atomic mass is 35.5. The van der Waals surface area contributed by atoms with Crippen LogP contribution in [0.1, 0.15) is 37.9 Å². The van der Waals surface area contributed by atoms with Crippen molar-refractivity contribution in [2.45, 2.75) is 57.9 Å². The van der Waals surface area contributed by atoms with Gasteiger partial charge in [-0.15, -0.1) is 0 Å². The van der Waals surface area contributed by atoms with Crippen molar-refractivity contribution in [3.63, 3.8) is 0 Å². The van der Waals surface area contributed by atoms with Gasteiger partial charge in [-0.25, -0.2) is 6.57 Å². The Labute approximate surface area is 323 Å². The summed E-state index contributed by atoms with van der Waals surface area (Å²) in [7, 11) is 3.47. The molecule has 1 aromatic heterocycles. The molecule has 0 spiro atoms. The number of nitrogen functional groups attached to an aromatic ring is 1. The number of carbonyl (C=O) groups is 1. The molecule has 16 heteroatoms. The quantitative estimate of drug-likeness (QED) is 0.179. The van der Waals surface area contributed by atoms with E-state index < -0.39 is 12.7 Å². The lowest BCUT2D eigenvalue weighted by Crippen LogP contribution is -2.39. The molecule has 0 aliphatic carbocycles. The fourth-order valence-electron chi connectivity index (χ4n) is 6.32. The van der Waals surface area contributed by atoms with Gasteiger partial charge in [0.1, 0.15) is 18.5 Å². The van der Waals surface area contributed by atoms with Gasteiger partial charge in [-0.05, 0) is 71.3 Å². The van der Waals surface area contributed by atoms with Crippen molar-refractivity contribution in [2.75, 3.05) is 70.6 Å². The SMILES string of the molecule is CN1CCC[C@H]1COc1nc(N)c2c(n1)CN(c1cccc3cccc(Cl)c13)CC2.S.S.[C-]#[N+]C[C@@H](C)N(CC)C(=O)/C=C/CN(C)CC(F)(F)F. The molecule has 5 rings (SSSR count). The van der Waals surface area contributed by atoms with Gasteiger partial charge in [0, 0.05) is 48.4 Å². The molecule has 2 atom stereocenters. The number of amides is 1. The van der Waals surface area contributed by atoms with Gasteiger partial charge >= 0.3 is 12.2 Å². The number of hydrogen-bond acceptors (Lipinski definition) is 8. The second-order valence-electron chi connectivity index (χ2n) is 12.7. The van der Waals surface area contributed by atoms with Crippen LogP contribution in [0.4, 0.5) is 24.7 Å². The van der Waals surface area contributed by atoms with Gasteiger partial charge < -0.3 is 30.0 Å². The zero-order chi connectivity index (χ0) is 36.4. The normalized spacial score (nSPS) is 16.3. The molecule has 1 fully saturated rings. The van der Waals surface area contributed by atoms with Crippen LogP contribution in [0, 0.1) is 6.57 Å². The van der Waals surface area contributed by atoms with Crippen LogP contribution in [0.25, 0.3) is 15.6 Å². The van der Waals surface area contributed by atoms with Crippen LogP contribution in [0.2, 0.25) is 5.02 Å². The van der Waals surface area contributed by atoms with Crippen LogP contribution in [0.3, 0.4) is 0 Å². The van der Waals surface area contributed by atoms with Gasteiger partial charge in [-0.1, -0.05) is 41.9 Å². The largest absolute Gasteiger partial charge is 0.462 e. The standard InChI is InChI=1S/C23H26ClN5O.C13H20F3N3O.2H2S/c1-28-11-4-7-16(28)14-30-23-26-19-13-29(12-10-17(19)22(25)27-23)20-9-3-6-15-5-2-8-18(24)21(15)20;1-5-19(11(2)9-17-3)12(20)7-6-8-18(4)10-13(14,15)16;;/h2-3,5-6,8-9,16H,4,7,10-14H2,1H3,(H2,25,26,27);6-7,11H,5,8-10H2,1-2,4H3;2*1H2/b;7-6+;;/t16-;11-;;/m01../s1. The average Bonchev–Trinajstić information content (AvgIpc) is 3.47. The Morgan fingerprint density at radius 3 is 2.56 bits per heavy atom. The zero-order valence-corrected chi connectivity index (χ0v) is 32.8. The summed E-state index contributed by atoms with van der Waals surface area (Å²) in [6.45, 7) is 13.2. The van der Waals surface area contributed by atoms with Crippen LogP contribution in [-0.2, 0) is 17.8 Å². The van der Waals surface area contributed by atoms with Crippen molar-refractivity contribution >= 4 is 66.8 Å². The highest BCUT2D eigenvalue weighted by Gasteiger charge is 2.29. The Morgan fingerprint density at radius 2 is 1.92 bits per heavy atom. The van der Waals surface area contributed by atoms with E-state index in [2.05, 4.69) is 50.9 Å². The van der Waals surface area contributed by atoms with Gasteiger partial charge in [-0.2, -0.15) is 50.1 Å². The number of carbonyl (C=O) groups excluding carboxylic acids is 1. The number of benzene rings is 2. The topological polar surface area (TPSA) is 95.4 Å². The monoisotopic (exact) mass is 782 g/mol. The molecule has 0 bridgehead atoms. The Hall–Kier alpha value is -3.42. The molecule has 3 aromatic rings. The summed E-state index contributed by atoms with van der Waals surface area (Å²) in [5, 5.41) is 2.98. The summed E-state index contributed by atoms with van der Waals surface area (Å²) < 4.78 is 42.2. The average molecular weight is 783 g/mol. The molecule has 3 heterocycles. The molecule has 2 N–H and O–H groups in total. The Morgan fingerprint density at radius 1 is 1.21 bits per heavy atom. The third kappa shape index (κ3) is 12.3. The first-order chi connectivity index (χ1) is 23.8. The summed E-state index contributed by atoms with van der Waals surface area (Å²) in [4.78, 5) is 31.5. The number of halogens is 4. The molecule has 52 heavy (non-hydrogen) atoms. The van der Waals surface area contributed by atoms with Crippen molar-refractivity contribution in [1.82, 2.24) is 24.7 Å². The summed E-state index contributed by atoms with van der Waals surface area (Å²) in [5.74, 6) is 0.245. The van der Waals surface area contributed by atoms with E-state index in [1.165, 1.54) is 30.5 Å². The molecule has 286 valence electrons. The first-order valence-electron chi connectivity index (χ1n) is 16.8. The second-order valence-corrected chi connectivity index (χ2v) is 13.1. The summed E-state index contributed by atoms with van der Waals surface area (Å²) in [6, 6.07) is 12.9. The maximum Gasteiger partial charge on any atom is 0.401 e. The number of fused-ring (bicyclic) bond motifs is 2. The van der Waals surface area contributed by atoms with E-state index in [1.807, 2.05) is 12.1 Å². The van der Waals surface area contributed by atoms with E-state index in [0.717, 1.165) is 63.6 Å². The molecule has 0 saturated carbocycles. The van der Waals surface area contributed by atoms with Crippen LogP contribution < -0.4 is 15.4 Å². The molecule has 1 amide bonds. The second kappa shape index (κ2) is 20.7. The predicted octanol–water partition coefficient (Wildman–Crippen LogP) is 6.32. The van der Waals surface area contributed by atoms with E-state index >= 15 is 0 Å². The number of nitrogens with zero attached hydrogens (tertiary/aromatic N) is 7. The first-order valence-corrected chi connectivity index (χ1v) is 17.1. The Balaban J connectivity index is 0.000000378. The summed E-state index contributed by atoms with van der Waals surface area (Å²) >= 11 is 6.55. The van der Waals surface area contributed by atoms with Gasteiger partial charge in [-0.3, -0.25) is 9.69 Å². The minimum absolute atomic E-state index is 0. The third-order valence-electron chi connectivity index (χ3n) is 8.96. The Kier molecular flexibility index (Phi) is 17.8. The first kappa shape index (κ1) is 44.7. The number of likely N-dealkylation sites (N-methyl/N-ethyl adjacent to an activating group) is 3. The number of likely N-dealkylation sites (tertiary alicyclic amines) is 1. The van der Waals surface area contributed by atoms with E-state index in [0.29, 0.717) is 37.6 Å². The summed E-state index contributed by atoms with van der Waals surface area (Å²) in [6.07, 6.45) is 1.57. The molecule has 0 unspecified atom stereocenters. The minimum atomic E-state index is -4.24. The molecule has 10 nitrogen and oxygen atoms in total. The lowest BCUT2D eigenvalue weighted by molar-refractivity contribution is -0.141. The fraction of sp³-hybridized carbons (Fsp3) is 0.500. The molecule has 1 saturated heterocycles. The number of aromatic nitrogens is 2. The fourth-order valence-corrected chi connectivity index (χ4v) is 6.60. The van der Waals surface area contributed by atoms with Crippen molar-refractivity contribution in [3.05, 3.63) is 76.2 Å². The van der Waals surface area contributed by atoms with E-state index in [1.54, 1.807) is 13.8 Å². The van der Waals surface area contributed by atoms with Gasteiger partial charge in [0.15, 0.2) is 0 Å². The van der Waals surface area contributed by atoms with Gasteiger partial charge in [0.2, 0.25) is 12.5 Å². The van der Waals surface area contributed by atoms with Crippen LogP contribution >= 0.6 is 38.6 Å². The van der Waals surface area contributed by atoms with Crippen LogP contribution in [0.5, 0.6) is 6.01 Å². The highest BCUT2D eigenvalue weighted by Crippen LogP contribution is 2.36. The number of rotatable bonds is 11. The minimum Gasteiger partial charge on any atom is -0.462 e. The van der Waals surface area contributed by atoms with Crippen molar-refractivity contribution in [2.24, 2.45) is 0 Å². The Bertz CT molecular complexity index is 1690. The number of nitrogens with two attached hydrogens (primary N) is 1. The maximum absolute atomic E-state index is 12.1.